The van der Waals surface area contributed by atoms with E-state index >= 15 is 0 Å². The minimum absolute atomic E-state index is 0.0455. The zero-order valence-electron chi connectivity index (χ0n) is 12.9. The second kappa shape index (κ2) is 5.77. The molecule has 4 rings (SSSR count). The molecule has 0 spiro atoms. The van der Waals surface area contributed by atoms with Crippen molar-refractivity contribution in [1.82, 2.24) is 4.98 Å². The van der Waals surface area contributed by atoms with Gasteiger partial charge in [0.05, 0.1) is 0 Å². The summed E-state index contributed by atoms with van der Waals surface area (Å²) in [5, 5.41) is 1.54. The lowest BCUT2D eigenvalue weighted by Gasteiger charge is -2.07. The highest BCUT2D eigenvalue weighted by Gasteiger charge is 2.40. The zero-order chi connectivity index (χ0) is 17.4. The van der Waals surface area contributed by atoms with Crippen LogP contribution in [0.5, 0.6) is 0 Å². The fourth-order valence-corrected chi connectivity index (χ4v) is 2.83. The third-order valence-corrected chi connectivity index (χ3v) is 3.95. The molecule has 1 aromatic heterocycles. The van der Waals surface area contributed by atoms with Crippen molar-refractivity contribution in [3.8, 4) is 22.7 Å². The summed E-state index contributed by atoms with van der Waals surface area (Å²) < 4.78 is 45.7. The fourth-order valence-electron chi connectivity index (χ4n) is 2.83. The van der Waals surface area contributed by atoms with E-state index in [4.69, 9.17) is 4.42 Å². The number of nitrogens with zero attached hydrogens (tertiary/aromatic N) is 1. The first-order valence-electron chi connectivity index (χ1n) is 7.65. The summed E-state index contributed by atoms with van der Waals surface area (Å²) >= 11 is 0. The Balaban J connectivity index is 1.99. The lowest BCUT2D eigenvalue weighted by molar-refractivity contribution is -0.152. The van der Waals surface area contributed by atoms with Gasteiger partial charge in [0.15, 0.2) is 0 Å². The summed E-state index contributed by atoms with van der Waals surface area (Å²) in [7, 11) is 0. The lowest BCUT2D eigenvalue weighted by Crippen LogP contribution is -2.05. The lowest BCUT2D eigenvalue weighted by atomic mass is 10.0. The van der Waals surface area contributed by atoms with Gasteiger partial charge < -0.3 is 4.42 Å². The van der Waals surface area contributed by atoms with E-state index in [0.717, 1.165) is 5.39 Å². The highest BCUT2D eigenvalue weighted by molar-refractivity contribution is 5.96. The van der Waals surface area contributed by atoms with Crippen LogP contribution >= 0.6 is 0 Å². The van der Waals surface area contributed by atoms with Crippen LogP contribution in [-0.4, -0.2) is 4.98 Å². The van der Waals surface area contributed by atoms with E-state index in [9.17, 15) is 13.2 Å². The van der Waals surface area contributed by atoms with Gasteiger partial charge in [0.1, 0.15) is 5.69 Å². The van der Waals surface area contributed by atoms with Crippen LogP contribution in [0, 0.1) is 0 Å². The molecule has 0 atom stereocenters. The molecule has 0 fully saturated rings. The summed E-state index contributed by atoms with van der Waals surface area (Å²) in [5.41, 5.74) is 0.707. The van der Waals surface area contributed by atoms with Crippen LogP contribution in [0.2, 0.25) is 0 Å². The second-order valence-corrected chi connectivity index (χ2v) is 5.59. The second-order valence-electron chi connectivity index (χ2n) is 5.59. The molecule has 124 valence electrons. The van der Waals surface area contributed by atoms with Gasteiger partial charge in [0.25, 0.3) is 0 Å². The van der Waals surface area contributed by atoms with Crippen molar-refractivity contribution in [2.75, 3.05) is 0 Å². The molecule has 0 radical (unpaired) electrons. The van der Waals surface area contributed by atoms with Gasteiger partial charge in [-0.15, -0.1) is 0 Å². The smallest absolute Gasteiger partial charge is 0.431 e. The topological polar surface area (TPSA) is 26.0 Å². The van der Waals surface area contributed by atoms with E-state index in [1.807, 2.05) is 18.2 Å². The minimum atomic E-state index is -4.63. The zero-order valence-corrected chi connectivity index (χ0v) is 12.9. The molecule has 4 aromatic rings. The Bertz CT molecular complexity index is 1030. The van der Waals surface area contributed by atoms with Crippen LogP contribution in [0.1, 0.15) is 5.76 Å². The number of halogens is 3. The van der Waals surface area contributed by atoms with E-state index in [2.05, 4.69) is 4.98 Å². The summed E-state index contributed by atoms with van der Waals surface area (Å²) in [6, 6.07) is 21.0. The average Bonchev–Trinajstić information content (AvgIpc) is 3.08. The van der Waals surface area contributed by atoms with Gasteiger partial charge in [-0.25, -0.2) is 4.98 Å². The Morgan fingerprint density at radius 1 is 0.760 bits per heavy atom. The van der Waals surface area contributed by atoms with Crippen molar-refractivity contribution < 1.29 is 17.6 Å². The van der Waals surface area contributed by atoms with Crippen LogP contribution in [0.4, 0.5) is 13.2 Å². The molecular formula is C20H12F3NO. The van der Waals surface area contributed by atoms with Gasteiger partial charge in [0, 0.05) is 11.1 Å². The molecule has 0 unspecified atom stereocenters. The number of hydrogen-bond donors (Lipinski definition) is 0. The van der Waals surface area contributed by atoms with Crippen molar-refractivity contribution in [3.63, 3.8) is 0 Å². The Hall–Kier alpha value is -3.08. The maximum atomic E-state index is 13.5. The molecule has 0 saturated heterocycles. The fraction of sp³-hybridized carbons (Fsp3) is 0.0500. The van der Waals surface area contributed by atoms with Gasteiger partial charge >= 0.3 is 6.18 Å². The van der Waals surface area contributed by atoms with Gasteiger partial charge in [-0.1, -0.05) is 60.7 Å². The Kier molecular flexibility index (Phi) is 3.57. The summed E-state index contributed by atoms with van der Waals surface area (Å²) in [4.78, 5) is 4.18. The number of hydrogen-bond acceptors (Lipinski definition) is 2. The molecule has 5 heteroatoms. The molecule has 25 heavy (non-hydrogen) atoms. The van der Waals surface area contributed by atoms with Crippen molar-refractivity contribution in [2.24, 2.45) is 0 Å². The first-order chi connectivity index (χ1) is 12.0. The van der Waals surface area contributed by atoms with E-state index in [-0.39, 0.29) is 11.6 Å². The van der Waals surface area contributed by atoms with Gasteiger partial charge in [-0.3, -0.25) is 0 Å². The predicted molar refractivity (Wildman–Crippen MR) is 89.9 cm³/mol. The van der Waals surface area contributed by atoms with Gasteiger partial charge in [-0.05, 0) is 22.9 Å². The monoisotopic (exact) mass is 339 g/mol. The average molecular weight is 339 g/mol. The highest BCUT2D eigenvalue weighted by atomic mass is 19.4. The van der Waals surface area contributed by atoms with Crippen molar-refractivity contribution in [3.05, 3.63) is 78.6 Å². The van der Waals surface area contributed by atoms with E-state index in [1.54, 1.807) is 54.6 Å². The van der Waals surface area contributed by atoms with Crippen molar-refractivity contribution in [2.45, 2.75) is 6.18 Å². The number of fused-ring (bicyclic) bond motifs is 1. The molecule has 0 aliphatic rings. The van der Waals surface area contributed by atoms with E-state index < -0.39 is 11.9 Å². The predicted octanol–water partition coefficient (Wildman–Crippen LogP) is 6.18. The number of oxazole rings is 1. The molecule has 0 aliphatic carbocycles. The molecule has 0 aliphatic heterocycles. The first-order valence-corrected chi connectivity index (χ1v) is 7.65. The Morgan fingerprint density at radius 2 is 1.44 bits per heavy atom. The van der Waals surface area contributed by atoms with E-state index in [1.165, 1.54) is 0 Å². The number of aromatic nitrogens is 1. The van der Waals surface area contributed by atoms with Crippen LogP contribution in [0.3, 0.4) is 0 Å². The Labute approximate surface area is 141 Å². The summed E-state index contributed by atoms with van der Waals surface area (Å²) in [6.45, 7) is 0. The molecule has 0 N–H and O–H groups in total. The number of benzene rings is 3. The third kappa shape index (κ3) is 2.78. The number of rotatable bonds is 2. The van der Waals surface area contributed by atoms with Gasteiger partial charge in [-0.2, -0.15) is 13.2 Å². The normalized spacial score (nSPS) is 11.8. The summed E-state index contributed by atoms with van der Waals surface area (Å²) in [5.74, 6) is -1.13. The first kappa shape index (κ1) is 15.4. The Morgan fingerprint density at radius 3 is 2.20 bits per heavy atom. The largest absolute Gasteiger partial charge is 0.451 e. The molecule has 1 heterocycles. The standard InChI is InChI=1S/C20H12F3NO/c21-20(22,23)18-17(24-19(25-18)14-8-2-1-3-9-14)16-12-6-10-13-7-4-5-11-15(13)16/h1-12H. The maximum Gasteiger partial charge on any atom is 0.451 e. The highest BCUT2D eigenvalue weighted by Crippen LogP contribution is 2.41. The van der Waals surface area contributed by atoms with E-state index in [0.29, 0.717) is 16.5 Å². The quantitative estimate of drug-likeness (QED) is 0.436. The third-order valence-electron chi connectivity index (χ3n) is 3.95. The minimum Gasteiger partial charge on any atom is -0.431 e. The molecule has 0 amide bonds. The molecular weight excluding hydrogens is 327 g/mol. The van der Waals surface area contributed by atoms with Crippen LogP contribution in [-0.2, 0) is 6.18 Å². The molecule has 0 saturated carbocycles. The number of alkyl halides is 3. The summed E-state index contributed by atoms with van der Waals surface area (Å²) in [6.07, 6.45) is -4.63. The van der Waals surface area contributed by atoms with Crippen molar-refractivity contribution in [1.29, 1.82) is 0 Å². The SMILES string of the molecule is FC(F)(F)c1oc(-c2ccccc2)nc1-c1cccc2ccccc12. The maximum absolute atomic E-state index is 13.5. The van der Waals surface area contributed by atoms with Crippen LogP contribution < -0.4 is 0 Å². The van der Waals surface area contributed by atoms with Crippen LogP contribution in [0.25, 0.3) is 33.5 Å². The van der Waals surface area contributed by atoms with Gasteiger partial charge in [0.2, 0.25) is 11.7 Å². The molecule has 2 nitrogen and oxygen atoms in total. The van der Waals surface area contributed by atoms with Crippen LogP contribution in [0.15, 0.2) is 77.2 Å². The van der Waals surface area contributed by atoms with Crippen molar-refractivity contribution >= 4 is 10.8 Å². The molecule has 0 bridgehead atoms. The molecule has 3 aromatic carbocycles.